The number of nitrogens with one attached hydrogen (secondary N) is 1. The van der Waals surface area contributed by atoms with Crippen LogP contribution in [0.3, 0.4) is 0 Å². The Hall–Kier alpha value is -2.56. The fourth-order valence-corrected chi connectivity index (χ4v) is 1.71. The smallest absolute Gasteiger partial charge is 0.155 e. The summed E-state index contributed by atoms with van der Waals surface area (Å²) >= 11 is 0. The molecular weight excluding hydrogens is 226 g/mol. The third-order valence-corrected chi connectivity index (χ3v) is 2.58. The molecule has 3 aromatic heterocycles. The zero-order valence-corrected chi connectivity index (χ0v) is 9.61. The van der Waals surface area contributed by atoms with Crippen LogP contribution in [0.15, 0.2) is 47.8 Å². The SMILES string of the molecule is C1=c2cccnc2=NC1.c1cnc2[nH]ncc2c1. The summed E-state index contributed by atoms with van der Waals surface area (Å²) in [5.41, 5.74) is 1.73. The van der Waals surface area contributed by atoms with E-state index in [2.05, 4.69) is 31.2 Å². The molecule has 0 saturated carbocycles. The lowest BCUT2D eigenvalue weighted by Crippen LogP contribution is -2.23. The number of aromatic nitrogens is 4. The average molecular weight is 237 g/mol. The van der Waals surface area contributed by atoms with Crippen LogP contribution in [0.5, 0.6) is 0 Å². The highest BCUT2D eigenvalue weighted by atomic mass is 15.1. The van der Waals surface area contributed by atoms with Gasteiger partial charge in [0.1, 0.15) is 0 Å². The lowest BCUT2D eigenvalue weighted by Gasteiger charge is -1.80. The molecule has 1 aliphatic rings. The Balaban J connectivity index is 0.000000111. The van der Waals surface area contributed by atoms with Crippen LogP contribution in [0.2, 0.25) is 0 Å². The molecule has 0 aliphatic carbocycles. The van der Waals surface area contributed by atoms with Crippen molar-refractivity contribution < 1.29 is 0 Å². The lowest BCUT2D eigenvalue weighted by molar-refractivity contribution is 1.10. The van der Waals surface area contributed by atoms with E-state index in [1.165, 1.54) is 0 Å². The highest BCUT2D eigenvalue weighted by molar-refractivity contribution is 5.72. The number of hydrogen-bond acceptors (Lipinski definition) is 4. The maximum absolute atomic E-state index is 4.13. The molecule has 5 heteroatoms. The number of hydrogen-bond donors (Lipinski definition) is 1. The second kappa shape index (κ2) is 4.75. The first-order valence-corrected chi connectivity index (χ1v) is 5.63. The first-order chi connectivity index (χ1) is 8.93. The van der Waals surface area contributed by atoms with Gasteiger partial charge in [0.05, 0.1) is 12.7 Å². The van der Waals surface area contributed by atoms with Crippen LogP contribution in [-0.4, -0.2) is 26.7 Å². The van der Waals surface area contributed by atoms with Gasteiger partial charge in [-0.15, -0.1) is 0 Å². The topological polar surface area (TPSA) is 66.8 Å². The molecule has 0 saturated heterocycles. The largest absolute Gasteiger partial charge is 0.262 e. The highest BCUT2D eigenvalue weighted by Gasteiger charge is 1.91. The summed E-state index contributed by atoms with van der Waals surface area (Å²) in [7, 11) is 0. The van der Waals surface area contributed by atoms with Crippen LogP contribution in [-0.2, 0) is 0 Å². The number of H-pyrrole nitrogens is 1. The predicted molar refractivity (Wildman–Crippen MR) is 68.2 cm³/mol. The van der Waals surface area contributed by atoms with Gasteiger partial charge in [0.15, 0.2) is 11.1 Å². The third-order valence-electron chi connectivity index (χ3n) is 2.58. The van der Waals surface area contributed by atoms with Gasteiger partial charge in [0, 0.05) is 23.0 Å². The highest BCUT2D eigenvalue weighted by Crippen LogP contribution is 2.03. The molecule has 0 amide bonds. The van der Waals surface area contributed by atoms with Crippen molar-refractivity contribution >= 4 is 17.1 Å². The van der Waals surface area contributed by atoms with Crippen LogP contribution in [0.25, 0.3) is 17.1 Å². The van der Waals surface area contributed by atoms with E-state index in [4.69, 9.17) is 0 Å². The third kappa shape index (κ3) is 2.10. The monoisotopic (exact) mass is 237 g/mol. The summed E-state index contributed by atoms with van der Waals surface area (Å²) in [5.74, 6) is 0. The maximum Gasteiger partial charge on any atom is 0.155 e. The summed E-state index contributed by atoms with van der Waals surface area (Å²) in [6.45, 7) is 0.798. The number of fused-ring (bicyclic) bond motifs is 2. The molecule has 0 radical (unpaired) electrons. The molecule has 1 aliphatic heterocycles. The Bertz CT molecular complexity index is 712. The molecule has 3 aromatic rings. The Labute approximate surface area is 103 Å². The van der Waals surface area contributed by atoms with E-state index in [1.54, 1.807) is 18.6 Å². The van der Waals surface area contributed by atoms with E-state index in [1.807, 2.05) is 24.3 Å². The van der Waals surface area contributed by atoms with Gasteiger partial charge in [-0.05, 0) is 24.3 Å². The fourth-order valence-electron chi connectivity index (χ4n) is 1.71. The predicted octanol–water partition coefficient (Wildman–Crippen LogP) is 0.453. The number of aromatic amines is 1. The standard InChI is InChI=1S/C7H6N2.C6H5N3/c1-2-6-3-5-9-7(6)8-4-1;1-2-5-4-8-9-6(5)7-3-1/h1-4H,5H2;1-4H,(H,7,8,9). The van der Waals surface area contributed by atoms with Crippen molar-refractivity contribution in [2.24, 2.45) is 4.99 Å². The average Bonchev–Trinajstić information content (AvgIpc) is 3.08. The zero-order valence-electron chi connectivity index (χ0n) is 9.61. The second-order valence-electron chi connectivity index (χ2n) is 3.77. The minimum Gasteiger partial charge on any atom is -0.262 e. The molecule has 18 heavy (non-hydrogen) atoms. The van der Waals surface area contributed by atoms with Crippen molar-refractivity contribution in [2.45, 2.75) is 0 Å². The maximum atomic E-state index is 4.13. The van der Waals surface area contributed by atoms with Crippen molar-refractivity contribution in [1.29, 1.82) is 0 Å². The molecule has 4 rings (SSSR count). The van der Waals surface area contributed by atoms with Crippen LogP contribution >= 0.6 is 0 Å². The molecule has 0 fully saturated rings. The summed E-state index contributed by atoms with van der Waals surface area (Å²) < 4.78 is 0. The minimum atomic E-state index is 0.798. The Kier molecular flexibility index (Phi) is 2.79. The molecule has 0 unspecified atom stereocenters. The molecule has 5 nitrogen and oxygen atoms in total. The first-order valence-electron chi connectivity index (χ1n) is 5.63. The van der Waals surface area contributed by atoms with Gasteiger partial charge in [-0.2, -0.15) is 5.10 Å². The van der Waals surface area contributed by atoms with E-state index in [-0.39, 0.29) is 0 Å². The van der Waals surface area contributed by atoms with Crippen LogP contribution in [0, 0.1) is 0 Å². The summed E-state index contributed by atoms with van der Waals surface area (Å²) in [4.78, 5) is 12.2. The fraction of sp³-hybridized carbons (Fsp3) is 0.0769. The van der Waals surface area contributed by atoms with Gasteiger partial charge >= 0.3 is 0 Å². The van der Waals surface area contributed by atoms with Crippen molar-refractivity contribution in [2.75, 3.05) is 6.54 Å². The lowest BCUT2D eigenvalue weighted by atomic mass is 10.4. The Morgan fingerprint density at radius 3 is 2.83 bits per heavy atom. The van der Waals surface area contributed by atoms with Gasteiger partial charge < -0.3 is 0 Å². The van der Waals surface area contributed by atoms with E-state index in [0.29, 0.717) is 0 Å². The summed E-state index contributed by atoms with van der Waals surface area (Å²) in [6, 6.07) is 7.80. The van der Waals surface area contributed by atoms with Gasteiger partial charge in [-0.3, -0.25) is 10.1 Å². The number of nitrogens with zero attached hydrogens (tertiary/aromatic N) is 4. The molecule has 0 spiro atoms. The van der Waals surface area contributed by atoms with E-state index in [9.17, 15) is 0 Å². The summed E-state index contributed by atoms with van der Waals surface area (Å²) in [6.07, 6.45) is 7.33. The molecule has 4 heterocycles. The van der Waals surface area contributed by atoms with Crippen molar-refractivity contribution in [3.8, 4) is 0 Å². The van der Waals surface area contributed by atoms with E-state index in [0.717, 1.165) is 28.3 Å². The molecule has 0 atom stereocenters. The number of rotatable bonds is 0. The van der Waals surface area contributed by atoms with Crippen LogP contribution in [0.4, 0.5) is 0 Å². The van der Waals surface area contributed by atoms with Gasteiger partial charge in [0.25, 0.3) is 0 Å². The molecule has 0 bridgehead atoms. The molecule has 1 N–H and O–H groups in total. The normalized spacial score (nSPS) is 12.0. The van der Waals surface area contributed by atoms with Crippen molar-refractivity contribution in [3.05, 3.63) is 53.6 Å². The minimum absolute atomic E-state index is 0.798. The van der Waals surface area contributed by atoms with Crippen LogP contribution in [0.1, 0.15) is 0 Å². The Morgan fingerprint density at radius 1 is 1.06 bits per heavy atom. The molecule has 88 valence electrons. The first kappa shape index (κ1) is 10.6. The van der Waals surface area contributed by atoms with Gasteiger partial charge in [0.2, 0.25) is 0 Å². The van der Waals surface area contributed by atoms with E-state index >= 15 is 0 Å². The Morgan fingerprint density at radius 2 is 1.94 bits per heavy atom. The van der Waals surface area contributed by atoms with Crippen molar-refractivity contribution in [1.82, 2.24) is 20.2 Å². The zero-order chi connectivity index (χ0) is 12.2. The van der Waals surface area contributed by atoms with E-state index < -0.39 is 0 Å². The van der Waals surface area contributed by atoms with Crippen LogP contribution < -0.4 is 10.7 Å². The van der Waals surface area contributed by atoms with Crippen molar-refractivity contribution in [3.63, 3.8) is 0 Å². The number of pyridine rings is 2. The molecular formula is C13H11N5. The van der Waals surface area contributed by atoms with Gasteiger partial charge in [-0.25, -0.2) is 9.97 Å². The quantitative estimate of drug-likeness (QED) is 0.617. The van der Waals surface area contributed by atoms with Gasteiger partial charge in [-0.1, -0.05) is 6.08 Å². The second-order valence-corrected chi connectivity index (χ2v) is 3.77. The summed E-state index contributed by atoms with van der Waals surface area (Å²) in [5, 5.41) is 8.79. The molecule has 0 aromatic carbocycles.